The monoisotopic (exact) mass is 460 g/mol. The molecule has 0 aliphatic carbocycles. The molecule has 5 heteroatoms. The van der Waals surface area contributed by atoms with Gasteiger partial charge in [-0.05, 0) is 62.1 Å². The normalized spacial score (nSPS) is 10.6. The summed E-state index contributed by atoms with van der Waals surface area (Å²) in [7, 11) is 0. The molecule has 0 fully saturated rings. The minimum atomic E-state index is 0. The van der Waals surface area contributed by atoms with E-state index in [2.05, 4.69) is 96.7 Å². The Hall–Kier alpha value is -2.36. The van der Waals surface area contributed by atoms with Crippen molar-refractivity contribution in [1.29, 1.82) is 0 Å². The summed E-state index contributed by atoms with van der Waals surface area (Å²) in [5.74, 6) is 0. The van der Waals surface area contributed by atoms with Gasteiger partial charge in [-0.25, -0.2) is 0 Å². The van der Waals surface area contributed by atoms with Crippen LogP contribution in [0.25, 0.3) is 0 Å². The standard InChI is InChI=1S/C26H34N4.Ni/c1-20-9-7-10-21(2)25(20)28-15-17-30(19-24-13-5-6-14-27-24)18-16-29-26-22(3)11-8-12-23(26)4;/h5-14,28-29H,15-19H2,1-4H3;. The van der Waals surface area contributed by atoms with Crippen LogP contribution in [0, 0.1) is 27.7 Å². The third-order valence-corrected chi connectivity index (χ3v) is 5.53. The van der Waals surface area contributed by atoms with E-state index < -0.39 is 0 Å². The number of para-hydroxylation sites is 2. The van der Waals surface area contributed by atoms with Gasteiger partial charge in [-0.2, -0.15) is 0 Å². The molecule has 0 unspecified atom stereocenters. The van der Waals surface area contributed by atoms with Crippen LogP contribution in [0.5, 0.6) is 0 Å². The van der Waals surface area contributed by atoms with Gasteiger partial charge in [0.1, 0.15) is 0 Å². The van der Waals surface area contributed by atoms with E-state index in [0.29, 0.717) is 0 Å². The molecule has 1 aromatic heterocycles. The second-order valence-electron chi connectivity index (χ2n) is 7.98. The number of aromatic nitrogens is 1. The molecule has 0 saturated carbocycles. The maximum Gasteiger partial charge on any atom is 0.0543 e. The van der Waals surface area contributed by atoms with Gasteiger partial charge >= 0.3 is 0 Å². The maximum absolute atomic E-state index is 4.53. The van der Waals surface area contributed by atoms with E-state index in [9.17, 15) is 0 Å². The molecular weight excluding hydrogens is 427 g/mol. The zero-order valence-corrected chi connectivity index (χ0v) is 20.0. The molecule has 2 aromatic carbocycles. The molecule has 0 bridgehead atoms. The first kappa shape index (κ1) is 24.9. The second kappa shape index (κ2) is 12.5. The number of aryl methyl sites for hydroxylation is 4. The number of benzene rings is 2. The molecule has 0 aliphatic rings. The van der Waals surface area contributed by atoms with Gasteiger partial charge in [0.25, 0.3) is 0 Å². The molecule has 3 rings (SSSR count). The first-order valence-electron chi connectivity index (χ1n) is 10.8. The summed E-state index contributed by atoms with van der Waals surface area (Å²) in [6.45, 7) is 13.2. The molecule has 0 atom stereocenters. The number of anilines is 2. The van der Waals surface area contributed by atoms with E-state index in [1.807, 2.05) is 12.3 Å². The van der Waals surface area contributed by atoms with Gasteiger partial charge in [-0.15, -0.1) is 0 Å². The Morgan fingerprint density at radius 2 is 1.16 bits per heavy atom. The zero-order chi connectivity index (χ0) is 21.3. The number of hydrogen-bond donors (Lipinski definition) is 2. The molecule has 4 nitrogen and oxygen atoms in total. The Bertz CT molecular complexity index is 845. The van der Waals surface area contributed by atoms with Crippen LogP contribution >= 0.6 is 0 Å². The van der Waals surface area contributed by atoms with E-state index in [-0.39, 0.29) is 16.5 Å². The molecule has 0 spiro atoms. The Labute approximate surface area is 197 Å². The average molecular weight is 461 g/mol. The number of nitrogens with one attached hydrogen (secondary N) is 2. The van der Waals surface area contributed by atoms with Crippen LogP contribution in [0.15, 0.2) is 60.8 Å². The Morgan fingerprint density at radius 3 is 1.58 bits per heavy atom. The first-order valence-corrected chi connectivity index (χ1v) is 10.8. The SMILES string of the molecule is Cc1cccc(C)c1NCCN(CCNc1c(C)cccc1C)Cc1ccccn1.[Ni]. The smallest absolute Gasteiger partial charge is 0.0543 e. The molecule has 0 amide bonds. The van der Waals surface area contributed by atoms with Crippen LogP contribution in [-0.2, 0) is 23.0 Å². The van der Waals surface area contributed by atoms with Gasteiger partial charge in [0, 0.05) is 66.8 Å². The first-order chi connectivity index (χ1) is 14.5. The maximum atomic E-state index is 4.53. The van der Waals surface area contributed by atoms with Gasteiger partial charge < -0.3 is 10.6 Å². The van der Waals surface area contributed by atoms with Crippen LogP contribution in [-0.4, -0.2) is 36.1 Å². The predicted molar refractivity (Wildman–Crippen MR) is 128 cm³/mol. The molecule has 3 aromatic rings. The summed E-state index contributed by atoms with van der Waals surface area (Å²) in [5.41, 5.74) is 8.79. The van der Waals surface area contributed by atoms with E-state index in [1.165, 1.54) is 33.6 Å². The molecule has 2 N–H and O–H groups in total. The third kappa shape index (κ3) is 7.38. The average Bonchev–Trinajstić information content (AvgIpc) is 2.73. The van der Waals surface area contributed by atoms with Crippen LogP contribution in [0.4, 0.5) is 11.4 Å². The summed E-state index contributed by atoms with van der Waals surface area (Å²) < 4.78 is 0. The van der Waals surface area contributed by atoms with Crippen molar-refractivity contribution in [2.45, 2.75) is 34.2 Å². The van der Waals surface area contributed by atoms with Crippen molar-refractivity contribution >= 4 is 11.4 Å². The fourth-order valence-corrected chi connectivity index (χ4v) is 3.86. The quantitative estimate of drug-likeness (QED) is 0.400. The van der Waals surface area contributed by atoms with Crippen molar-refractivity contribution in [3.8, 4) is 0 Å². The predicted octanol–water partition coefficient (Wildman–Crippen LogP) is 5.34. The van der Waals surface area contributed by atoms with Gasteiger partial charge in [0.05, 0.1) is 5.69 Å². The van der Waals surface area contributed by atoms with Crippen molar-refractivity contribution in [3.05, 3.63) is 88.7 Å². The largest absolute Gasteiger partial charge is 0.383 e. The zero-order valence-electron chi connectivity index (χ0n) is 19.0. The number of rotatable bonds is 10. The van der Waals surface area contributed by atoms with Gasteiger partial charge in [-0.3, -0.25) is 9.88 Å². The second-order valence-corrected chi connectivity index (χ2v) is 7.98. The summed E-state index contributed by atoms with van der Waals surface area (Å²) in [6.07, 6.45) is 1.87. The van der Waals surface area contributed by atoms with Gasteiger partial charge in [0.2, 0.25) is 0 Å². The molecule has 0 radical (unpaired) electrons. The summed E-state index contributed by atoms with van der Waals surface area (Å²) in [5, 5.41) is 7.28. The summed E-state index contributed by atoms with van der Waals surface area (Å²) in [4.78, 5) is 6.99. The van der Waals surface area contributed by atoms with E-state index in [1.54, 1.807) is 0 Å². The van der Waals surface area contributed by atoms with Crippen LogP contribution in [0.1, 0.15) is 27.9 Å². The molecule has 0 saturated heterocycles. The number of pyridine rings is 1. The van der Waals surface area contributed by atoms with E-state index >= 15 is 0 Å². The van der Waals surface area contributed by atoms with Crippen molar-refractivity contribution < 1.29 is 16.5 Å². The molecule has 31 heavy (non-hydrogen) atoms. The molecular formula is C26H34N4Ni. The Morgan fingerprint density at radius 1 is 0.677 bits per heavy atom. The Balaban J connectivity index is 0.00000341. The Kier molecular flexibility index (Phi) is 10.0. The van der Waals surface area contributed by atoms with E-state index in [0.717, 1.165) is 38.4 Å². The van der Waals surface area contributed by atoms with Crippen molar-refractivity contribution in [1.82, 2.24) is 9.88 Å². The van der Waals surface area contributed by atoms with Crippen LogP contribution < -0.4 is 10.6 Å². The fraction of sp³-hybridized carbons (Fsp3) is 0.346. The number of hydrogen-bond acceptors (Lipinski definition) is 4. The van der Waals surface area contributed by atoms with Crippen molar-refractivity contribution in [2.75, 3.05) is 36.8 Å². The number of nitrogens with zero attached hydrogens (tertiary/aromatic N) is 2. The van der Waals surface area contributed by atoms with Gasteiger partial charge in [0.15, 0.2) is 0 Å². The third-order valence-electron chi connectivity index (χ3n) is 5.53. The fourth-order valence-electron chi connectivity index (χ4n) is 3.86. The topological polar surface area (TPSA) is 40.2 Å². The molecule has 168 valence electrons. The molecule has 1 heterocycles. The minimum absolute atomic E-state index is 0. The van der Waals surface area contributed by atoms with Gasteiger partial charge in [-0.1, -0.05) is 42.5 Å². The van der Waals surface area contributed by atoms with E-state index in [4.69, 9.17) is 0 Å². The summed E-state index contributed by atoms with van der Waals surface area (Å²) in [6, 6.07) is 19.0. The van der Waals surface area contributed by atoms with Crippen LogP contribution in [0.3, 0.4) is 0 Å². The van der Waals surface area contributed by atoms with Crippen molar-refractivity contribution in [2.24, 2.45) is 0 Å². The molecule has 0 aliphatic heterocycles. The van der Waals surface area contributed by atoms with Crippen molar-refractivity contribution in [3.63, 3.8) is 0 Å². The van der Waals surface area contributed by atoms with Crippen LogP contribution in [0.2, 0.25) is 0 Å². The summed E-state index contributed by atoms with van der Waals surface area (Å²) >= 11 is 0. The minimum Gasteiger partial charge on any atom is -0.383 e.